The Morgan fingerprint density at radius 3 is 2.89 bits per heavy atom. The molecule has 0 bridgehead atoms. The number of aromatic amines is 1. The Balaban J connectivity index is 2.34. The fraction of sp³-hybridized carbons (Fsp3) is 0.0769. The minimum Gasteiger partial charge on any atom is -0.358 e. The molecule has 0 radical (unpaired) electrons. The van der Waals surface area contributed by atoms with E-state index in [1.165, 1.54) is 12.1 Å². The third kappa shape index (κ3) is 1.75. The van der Waals surface area contributed by atoms with Gasteiger partial charge in [-0.1, -0.05) is 0 Å². The second kappa shape index (κ2) is 4.07. The summed E-state index contributed by atoms with van der Waals surface area (Å²) < 4.78 is 13.3. The van der Waals surface area contributed by atoms with Crippen molar-refractivity contribution in [1.29, 1.82) is 0 Å². The van der Waals surface area contributed by atoms with Crippen molar-refractivity contribution >= 4 is 22.5 Å². The highest BCUT2D eigenvalue weighted by Gasteiger charge is 2.12. The van der Waals surface area contributed by atoms with E-state index in [0.29, 0.717) is 5.69 Å². The van der Waals surface area contributed by atoms with Crippen LogP contribution in [0.25, 0.3) is 22.2 Å². The van der Waals surface area contributed by atoms with Gasteiger partial charge in [0.05, 0.1) is 5.69 Å². The molecule has 18 heavy (non-hydrogen) atoms. The minimum absolute atomic E-state index is 0.178. The molecule has 0 fully saturated rings. The molecule has 3 rings (SSSR count). The second-order valence-electron chi connectivity index (χ2n) is 4.03. The zero-order valence-corrected chi connectivity index (χ0v) is 10.3. The summed E-state index contributed by atoms with van der Waals surface area (Å²) in [4.78, 5) is 11.2. The smallest absolute Gasteiger partial charge is 0.222 e. The summed E-state index contributed by atoms with van der Waals surface area (Å²) >= 11 is 5.79. The van der Waals surface area contributed by atoms with Gasteiger partial charge >= 0.3 is 0 Å². The van der Waals surface area contributed by atoms with Gasteiger partial charge in [0.2, 0.25) is 5.28 Å². The Morgan fingerprint density at radius 1 is 1.28 bits per heavy atom. The van der Waals surface area contributed by atoms with Crippen LogP contribution >= 0.6 is 11.6 Å². The number of rotatable bonds is 1. The fourth-order valence-corrected chi connectivity index (χ4v) is 2.25. The quantitative estimate of drug-likeness (QED) is 0.678. The summed E-state index contributed by atoms with van der Waals surface area (Å²) in [5.74, 6) is -0.275. The first-order valence-corrected chi connectivity index (χ1v) is 5.79. The Bertz CT molecular complexity index is 736. The molecule has 0 spiro atoms. The molecule has 3 aromatic rings. The predicted octanol–water partition coefficient (Wildman–Crippen LogP) is 3.73. The third-order valence-corrected chi connectivity index (χ3v) is 3.01. The van der Waals surface area contributed by atoms with Crippen LogP contribution in [0.2, 0.25) is 5.28 Å². The lowest BCUT2D eigenvalue weighted by Crippen LogP contribution is -1.87. The predicted molar refractivity (Wildman–Crippen MR) is 69.0 cm³/mol. The summed E-state index contributed by atoms with van der Waals surface area (Å²) in [6.45, 7) is 1.92. The topological polar surface area (TPSA) is 41.6 Å². The molecule has 3 nitrogen and oxygen atoms in total. The zero-order valence-electron chi connectivity index (χ0n) is 9.54. The Hall–Kier alpha value is -1.94. The molecular formula is C13H9ClFN3. The molecular weight excluding hydrogens is 253 g/mol. The average Bonchev–Trinajstić information content (AvgIpc) is 2.64. The van der Waals surface area contributed by atoms with Crippen LogP contribution in [0.3, 0.4) is 0 Å². The van der Waals surface area contributed by atoms with Gasteiger partial charge in [-0.25, -0.2) is 14.4 Å². The SMILES string of the molecule is Cc1[nH]c2ccc(F)cc2c1-c1ccnc(Cl)n1. The van der Waals surface area contributed by atoms with Gasteiger partial charge in [-0.3, -0.25) is 0 Å². The first-order valence-electron chi connectivity index (χ1n) is 5.42. The Morgan fingerprint density at radius 2 is 2.11 bits per heavy atom. The molecule has 0 atom stereocenters. The van der Waals surface area contributed by atoms with Crippen molar-refractivity contribution in [3.05, 3.63) is 47.3 Å². The van der Waals surface area contributed by atoms with Gasteiger partial charge in [-0.05, 0) is 42.8 Å². The van der Waals surface area contributed by atoms with Crippen molar-refractivity contribution in [3.63, 3.8) is 0 Å². The van der Waals surface area contributed by atoms with E-state index in [1.807, 2.05) is 6.92 Å². The molecule has 0 saturated carbocycles. The number of benzene rings is 1. The van der Waals surface area contributed by atoms with Gasteiger partial charge in [-0.15, -0.1) is 0 Å². The Kier molecular flexibility index (Phi) is 2.52. The van der Waals surface area contributed by atoms with E-state index in [2.05, 4.69) is 15.0 Å². The molecule has 1 aromatic carbocycles. The van der Waals surface area contributed by atoms with E-state index in [9.17, 15) is 4.39 Å². The van der Waals surface area contributed by atoms with Gasteiger partial charge in [0.15, 0.2) is 0 Å². The molecule has 0 amide bonds. The van der Waals surface area contributed by atoms with E-state index >= 15 is 0 Å². The number of aryl methyl sites for hydroxylation is 1. The molecule has 1 N–H and O–H groups in total. The number of H-pyrrole nitrogens is 1. The Labute approximate surface area is 108 Å². The molecule has 2 heterocycles. The highest BCUT2D eigenvalue weighted by Crippen LogP contribution is 2.31. The number of fused-ring (bicyclic) bond motifs is 1. The van der Waals surface area contributed by atoms with E-state index in [4.69, 9.17) is 11.6 Å². The molecule has 2 aromatic heterocycles. The zero-order chi connectivity index (χ0) is 12.7. The summed E-state index contributed by atoms with van der Waals surface area (Å²) in [5.41, 5.74) is 3.34. The van der Waals surface area contributed by atoms with Crippen LogP contribution in [0.1, 0.15) is 5.69 Å². The monoisotopic (exact) mass is 261 g/mol. The average molecular weight is 262 g/mol. The van der Waals surface area contributed by atoms with E-state index in [-0.39, 0.29) is 11.1 Å². The number of halogens is 2. The maximum absolute atomic E-state index is 13.3. The van der Waals surface area contributed by atoms with Crippen LogP contribution in [-0.2, 0) is 0 Å². The summed E-state index contributed by atoms with van der Waals surface area (Å²) in [6, 6.07) is 6.38. The lowest BCUT2D eigenvalue weighted by Gasteiger charge is -2.01. The van der Waals surface area contributed by atoms with Crippen LogP contribution in [0.5, 0.6) is 0 Å². The van der Waals surface area contributed by atoms with Crippen molar-refractivity contribution in [1.82, 2.24) is 15.0 Å². The van der Waals surface area contributed by atoms with Crippen LogP contribution in [-0.4, -0.2) is 15.0 Å². The number of aromatic nitrogens is 3. The highest BCUT2D eigenvalue weighted by molar-refractivity contribution is 6.28. The first kappa shape index (κ1) is 11.2. The van der Waals surface area contributed by atoms with Crippen molar-refractivity contribution in [3.8, 4) is 11.3 Å². The van der Waals surface area contributed by atoms with Gasteiger partial charge in [-0.2, -0.15) is 0 Å². The molecule has 5 heteroatoms. The normalized spacial score (nSPS) is 11.1. The van der Waals surface area contributed by atoms with E-state index in [1.54, 1.807) is 18.3 Å². The van der Waals surface area contributed by atoms with Crippen LogP contribution in [0, 0.1) is 12.7 Å². The molecule has 0 saturated heterocycles. The van der Waals surface area contributed by atoms with Crippen molar-refractivity contribution in [2.24, 2.45) is 0 Å². The fourth-order valence-electron chi connectivity index (χ4n) is 2.10. The summed E-state index contributed by atoms with van der Waals surface area (Å²) in [7, 11) is 0. The first-order chi connectivity index (χ1) is 8.65. The molecule has 0 aliphatic heterocycles. The number of hydrogen-bond acceptors (Lipinski definition) is 2. The van der Waals surface area contributed by atoms with Crippen LogP contribution in [0.4, 0.5) is 4.39 Å². The number of hydrogen-bond donors (Lipinski definition) is 1. The summed E-state index contributed by atoms with van der Waals surface area (Å²) in [6.07, 6.45) is 1.59. The van der Waals surface area contributed by atoms with Crippen LogP contribution in [0.15, 0.2) is 30.5 Å². The molecule has 90 valence electrons. The third-order valence-electron chi connectivity index (χ3n) is 2.83. The number of nitrogens with one attached hydrogen (secondary N) is 1. The molecule has 0 unspecified atom stereocenters. The van der Waals surface area contributed by atoms with Crippen molar-refractivity contribution < 1.29 is 4.39 Å². The maximum Gasteiger partial charge on any atom is 0.222 e. The van der Waals surface area contributed by atoms with Gasteiger partial charge in [0.1, 0.15) is 5.82 Å². The van der Waals surface area contributed by atoms with Gasteiger partial charge in [0.25, 0.3) is 0 Å². The van der Waals surface area contributed by atoms with Crippen molar-refractivity contribution in [2.75, 3.05) is 0 Å². The number of nitrogens with zero attached hydrogens (tertiary/aromatic N) is 2. The standard InChI is InChI=1S/C13H9ClFN3/c1-7-12(11-4-5-16-13(14)18-11)9-6-8(15)2-3-10(9)17-7/h2-6,17H,1H3. The van der Waals surface area contributed by atoms with Crippen molar-refractivity contribution in [2.45, 2.75) is 6.92 Å². The highest BCUT2D eigenvalue weighted by atomic mass is 35.5. The lowest BCUT2D eigenvalue weighted by molar-refractivity contribution is 0.630. The van der Waals surface area contributed by atoms with Crippen LogP contribution < -0.4 is 0 Å². The minimum atomic E-state index is -0.275. The molecule has 0 aliphatic carbocycles. The lowest BCUT2D eigenvalue weighted by atomic mass is 10.1. The van der Waals surface area contributed by atoms with Gasteiger partial charge in [0, 0.05) is 28.4 Å². The second-order valence-corrected chi connectivity index (χ2v) is 4.36. The summed E-state index contributed by atoms with van der Waals surface area (Å²) in [5, 5.41) is 0.972. The molecule has 0 aliphatic rings. The largest absolute Gasteiger partial charge is 0.358 e. The van der Waals surface area contributed by atoms with E-state index in [0.717, 1.165) is 22.2 Å². The van der Waals surface area contributed by atoms with Gasteiger partial charge < -0.3 is 4.98 Å². The van der Waals surface area contributed by atoms with E-state index < -0.39 is 0 Å². The maximum atomic E-state index is 13.3.